The highest BCUT2D eigenvalue weighted by atomic mass is 16.6. The number of nitrogens with zero attached hydrogens (tertiary/aromatic N) is 1. The van der Waals surface area contributed by atoms with Gasteiger partial charge in [0.25, 0.3) is 0 Å². The lowest BCUT2D eigenvalue weighted by Gasteiger charge is -2.18. The molecule has 0 radical (unpaired) electrons. The highest BCUT2D eigenvalue weighted by molar-refractivity contribution is 5.91. The number of ether oxygens (including phenoxy) is 2. The second-order valence-corrected chi connectivity index (χ2v) is 5.94. The van der Waals surface area contributed by atoms with Crippen molar-refractivity contribution in [2.24, 2.45) is 39.6 Å². The SMILES string of the molecule is CC[C@H](C)[C@H](N)C(=O)OC(=O)[C@@H](N)COC(=O)[C@@H](N)CCCN=C(N)N. The molecule has 0 bridgehead atoms. The molecule has 11 nitrogen and oxygen atoms in total. The van der Waals surface area contributed by atoms with Gasteiger partial charge in [-0.05, 0) is 18.8 Å². The highest BCUT2D eigenvalue weighted by Gasteiger charge is 2.27. The first-order chi connectivity index (χ1) is 12.1. The summed E-state index contributed by atoms with van der Waals surface area (Å²) >= 11 is 0. The van der Waals surface area contributed by atoms with Gasteiger partial charge in [0.15, 0.2) is 5.96 Å². The molecule has 26 heavy (non-hydrogen) atoms. The topological polar surface area (TPSA) is 212 Å². The van der Waals surface area contributed by atoms with Gasteiger partial charge in [0.1, 0.15) is 24.7 Å². The molecule has 0 rings (SSSR count). The summed E-state index contributed by atoms with van der Waals surface area (Å²) in [4.78, 5) is 38.9. The Morgan fingerprint density at radius 2 is 1.62 bits per heavy atom. The Hall–Kier alpha value is -2.24. The van der Waals surface area contributed by atoms with E-state index in [4.69, 9.17) is 33.4 Å². The first-order valence-electron chi connectivity index (χ1n) is 8.34. The van der Waals surface area contributed by atoms with Crippen LogP contribution in [-0.2, 0) is 23.9 Å². The number of hydrogen-bond acceptors (Lipinski definition) is 9. The van der Waals surface area contributed by atoms with Crippen molar-refractivity contribution >= 4 is 23.9 Å². The molecule has 0 aromatic rings. The van der Waals surface area contributed by atoms with Crippen LogP contribution in [0.1, 0.15) is 33.1 Å². The van der Waals surface area contributed by atoms with Crippen LogP contribution in [0.5, 0.6) is 0 Å². The zero-order chi connectivity index (χ0) is 20.3. The maximum atomic E-state index is 11.7. The molecule has 0 aliphatic rings. The second kappa shape index (κ2) is 12.2. The van der Waals surface area contributed by atoms with Gasteiger partial charge >= 0.3 is 17.9 Å². The van der Waals surface area contributed by atoms with Gasteiger partial charge in [-0.15, -0.1) is 0 Å². The molecule has 4 atom stereocenters. The van der Waals surface area contributed by atoms with Crippen LogP contribution in [0.3, 0.4) is 0 Å². The molecule has 11 heteroatoms. The van der Waals surface area contributed by atoms with Crippen LogP contribution < -0.4 is 28.7 Å². The molecule has 0 spiro atoms. The summed E-state index contributed by atoms with van der Waals surface area (Å²) < 4.78 is 9.46. The highest BCUT2D eigenvalue weighted by Crippen LogP contribution is 2.07. The van der Waals surface area contributed by atoms with Crippen molar-refractivity contribution in [3.63, 3.8) is 0 Å². The maximum absolute atomic E-state index is 11.7. The van der Waals surface area contributed by atoms with Crippen molar-refractivity contribution in [3.05, 3.63) is 0 Å². The molecule has 0 aliphatic carbocycles. The molecular weight excluding hydrogens is 344 g/mol. The Morgan fingerprint density at radius 3 is 2.15 bits per heavy atom. The van der Waals surface area contributed by atoms with E-state index in [-0.39, 0.29) is 18.3 Å². The standard InChI is InChI=1S/C15H30N6O5/c1-3-8(2)11(18)14(24)26-13(23)10(17)7-25-12(22)9(16)5-4-6-21-15(19)20/h8-11H,3-7,16-18H2,1-2H3,(H4,19,20,21)/t8-,9-,10-,11-/m0/s1. The van der Waals surface area contributed by atoms with Gasteiger partial charge in [-0.25, -0.2) is 9.59 Å². The number of rotatable bonds is 11. The smallest absolute Gasteiger partial charge is 0.334 e. The Kier molecular flexibility index (Phi) is 11.1. The monoisotopic (exact) mass is 374 g/mol. The zero-order valence-electron chi connectivity index (χ0n) is 15.2. The van der Waals surface area contributed by atoms with Crippen LogP contribution in [-0.4, -0.2) is 55.1 Å². The molecule has 0 aliphatic heterocycles. The molecule has 0 fully saturated rings. The van der Waals surface area contributed by atoms with E-state index >= 15 is 0 Å². The molecule has 0 heterocycles. The average Bonchev–Trinajstić information content (AvgIpc) is 2.60. The largest absolute Gasteiger partial charge is 0.462 e. The van der Waals surface area contributed by atoms with E-state index in [9.17, 15) is 14.4 Å². The third-order valence-electron chi connectivity index (χ3n) is 3.71. The third kappa shape index (κ3) is 9.30. The average molecular weight is 374 g/mol. The molecule has 0 amide bonds. The van der Waals surface area contributed by atoms with Crippen LogP contribution >= 0.6 is 0 Å². The Bertz CT molecular complexity index is 509. The van der Waals surface area contributed by atoms with E-state index in [0.29, 0.717) is 19.4 Å². The fourth-order valence-electron chi connectivity index (χ4n) is 1.71. The fraction of sp³-hybridized carbons (Fsp3) is 0.733. The predicted molar refractivity (Wildman–Crippen MR) is 95.4 cm³/mol. The zero-order valence-corrected chi connectivity index (χ0v) is 15.2. The number of esters is 3. The number of nitrogens with two attached hydrogens (primary N) is 5. The third-order valence-corrected chi connectivity index (χ3v) is 3.71. The molecule has 0 saturated carbocycles. The summed E-state index contributed by atoms with van der Waals surface area (Å²) in [5.41, 5.74) is 27.2. The molecule has 150 valence electrons. The summed E-state index contributed by atoms with van der Waals surface area (Å²) in [6, 6.07) is -3.16. The van der Waals surface area contributed by atoms with Gasteiger partial charge in [-0.2, -0.15) is 0 Å². The first kappa shape index (κ1) is 23.8. The maximum Gasteiger partial charge on any atom is 0.334 e. The van der Waals surface area contributed by atoms with Gasteiger partial charge in [-0.1, -0.05) is 20.3 Å². The number of aliphatic imine (C=N–C) groups is 1. The van der Waals surface area contributed by atoms with Gasteiger partial charge < -0.3 is 38.1 Å². The summed E-state index contributed by atoms with van der Waals surface area (Å²) in [5.74, 6) is -2.83. The second-order valence-electron chi connectivity index (χ2n) is 5.94. The van der Waals surface area contributed by atoms with Crippen molar-refractivity contribution in [3.8, 4) is 0 Å². The molecule has 0 unspecified atom stereocenters. The molecule has 0 aromatic carbocycles. The van der Waals surface area contributed by atoms with Crippen molar-refractivity contribution in [1.29, 1.82) is 0 Å². The number of carbonyl (C=O) groups excluding carboxylic acids is 3. The molecule has 10 N–H and O–H groups in total. The Balaban J connectivity index is 4.24. The first-order valence-corrected chi connectivity index (χ1v) is 8.34. The van der Waals surface area contributed by atoms with Crippen molar-refractivity contribution < 1.29 is 23.9 Å². The van der Waals surface area contributed by atoms with Gasteiger partial charge in [0.05, 0.1) is 0 Å². The van der Waals surface area contributed by atoms with Crippen LogP contribution in [0.2, 0.25) is 0 Å². The summed E-state index contributed by atoms with van der Waals surface area (Å²) in [6.07, 6.45) is 1.41. The lowest BCUT2D eigenvalue weighted by atomic mass is 10.0. The van der Waals surface area contributed by atoms with Gasteiger partial charge in [0.2, 0.25) is 0 Å². The van der Waals surface area contributed by atoms with E-state index in [2.05, 4.69) is 9.73 Å². The van der Waals surface area contributed by atoms with Crippen LogP contribution in [0.15, 0.2) is 4.99 Å². The van der Waals surface area contributed by atoms with Gasteiger partial charge in [-0.3, -0.25) is 9.79 Å². The minimum atomic E-state index is -1.32. The quantitative estimate of drug-likeness (QED) is 0.0855. The van der Waals surface area contributed by atoms with Crippen LogP contribution in [0, 0.1) is 5.92 Å². The van der Waals surface area contributed by atoms with Crippen LogP contribution in [0.4, 0.5) is 0 Å². The van der Waals surface area contributed by atoms with Crippen molar-refractivity contribution in [2.75, 3.05) is 13.2 Å². The van der Waals surface area contributed by atoms with Crippen molar-refractivity contribution in [2.45, 2.75) is 51.2 Å². The minimum absolute atomic E-state index is 0.0479. The Labute approximate surface area is 152 Å². The summed E-state index contributed by atoms with van der Waals surface area (Å²) in [5, 5.41) is 0. The molecular formula is C15H30N6O5. The normalized spacial score (nSPS) is 15.3. The fourth-order valence-corrected chi connectivity index (χ4v) is 1.71. The lowest BCUT2D eigenvalue weighted by molar-refractivity contribution is -0.163. The van der Waals surface area contributed by atoms with E-state index in [1.165, 1.54) is 0 Å². The van der Waals surface area contributed by atoms with Crippen molar-refractivity contribution in [1.82, 2.24) is 0 Å². The Morgan fingerprint density at radius 1 is 1.00 bits per heavy atom. The number of carbonyl (C=O) groups is 3. The van der Waals surface area contributed by atoms with Gasteiger partial charge in [0, 0.05) is 6.54 Å². The van der Waals surface area contributed by atoms with E-state index in [0.717, 1.165) is 0 Å². The van der Waals surface area contributed by atoms with E-state index in [1.807, 2.05) is 6.92 Å². The summed E-state index contributed by atoms with van der Waals surface area (Å²) in [6.45, 7) is 3.47. The molecule has 0 saturated heterocycles. The van der Waals surface area contributed by atoms with E-state index < -0.39 is 42.6 Å². The molecule has 0 aromatic heterocycles. The number of hydrogen-bond donors (Lipinski definition) is 5. The number of guanidine groups is 1. The van der Waals surface area contributed by atoms with E-state index in [1.54, 1.807) is 6.92 Å². The lowest BCUT2D eigenvalue weighted by Crippen LogP contribution is -2.45. The predicted octanol–water partition coefficient (Wildman–Crippen LogP) is -2.32. The minimum Gasteiger partial charge on any atom is -0.462 e. The van der Waals surface area contributed by atoms with Crippen LogP contribution in [0.25, 0.3) is 0 Å². The summed E-state index contributed by atoms with van der Waals surface area (Å²) in [7, 11) is 0.